The average molecular weight is 210 g/mol. The van der Waals surface area contributed by atoms with E-state index in [-0.39, 0.29) is 12.1 Å². The molecule has 0 heterocycles. The van der Waals surface area contributed by atoms with Gasteiger partial charge in [0.2, 0.25) is 0 Å². The largest absolute Gasteiger partial charge is 0.459 e. The fraction of sp³-hybridized carbons (Fsp3) is 0.364. The topological polar surface area (TPSA) is 26.3 Å². The highest BCUT2D eigenvalue weighted by Gasteiger charge is 2.12. The summed E-state index contributed by atoms with van der Waals surface area (Å²) in [6.07, 6.45) is 1.87. The summed E-state index contributed by atoms with van der Waals surface area (Å²) in [5.74, 6) is -0.245. The molecule has 0 N–H and O–H groups in total. The van der Waals surface area contributed by atoms with Crippen molar-refractivity contribution in [2.45, 2.75) is 24.8 Å². The van der Waals surface area contributed by atoms with E-state index in [0.29, 0.717) is 5.56 Å². The number of carbonyl (C=O) groups is 1. The van der Waals surface area contributed by atoms with Crippen molar-refractivity contribution in [3.8, 4) is 0 Å². The summed E-state index contributed by atoms with van der Waals surface area (Å²) < 4.78 is 5.13. The summed E-state index contributed by atoms with van der Waals surface area (Å²) in [6.45, 7) is 3.69. The van der Waals surface area contributed by atoms with Crippen LogP contribution in [0.1, 0.15) is 24.2 Å². The molecular formula is C11H14O2S. The molecule has 0 aliphatic carbocycles. The minimum Gasteiger partial charge on any atom is -0.459 e. The molecule has 0 radical (unpaired) electrons. The predicted molar refractivity (Wildman–Crippen MR) is 58.8 cm³/mol. The van der Waals surface area contributed by atoms with Gasteiger partial charge < -0.3 is 4.74 Å². The van der Waals surface area contributed by atoms with E-state index >= 15 is 0 Å². The van der Waals surface area contributed by atoms with Gasteiger partial charge in [0.25, 0.3) is 0 Å². The van der Waals surface area contributed by atoms with Crippen molar-refractivity contribution in [2.75, 3.05) is 6.26 Å². The first kappa shape index (κ1) is 11.1. The number of benzene rings is 1. The van der Waals surface area contributed by atoms with E-state index in [1.807, 2.05) is 38.3 Å². The zero-order chi connectivity index (χ0) is 10.6. The lowest BCUT2D eigenvalue weighted by molar-refractivity contribution is 0.0374. The standard InChI is InChI=1S/C11H14O2S/c1-8(2)13-11(12)9-6-4-5-7-10(9)14-3/h4-8H,1-3H3. The molecule has 0 fully saturated rings. The first-order valence-electron chi connectivity index (χ1n) is 4.49. The van der Waals surface area contributed by atoms with Gasteiger partial charge in [-0.1, -0.05) is 12.1 Å². The van der Waals surface area contributed by atoms with Crippen molar-refractivity contribution in [1.82, 2.24) is 0 Å². The molecule has 0 aromatic heterocycles. The molecule has 0 saturated carbocycles. The van der Waals surface area contributed by atoms with E-state index in [9.17, 15) is 4.79 Å². The number of thioether (sulfide) groups is 1. The lowest BCUT2D eigenvalue weighted by Gasteiger charge is -2.09. The van der Waals surface area contributed by atoms with Crippen LogP contribution in [0.15, 0.2) is 29.2 Å². The van der Waals surface area contributed by atoms with Gasteiger partial charge in [-0.25, -0.2) is 4.79 Å². The number of rotatable bonds is 3. The molecular weight excluding hydrogens is 196 g/mol. The Balaban J connectivity index is 2.88. The van der Waals surface area contributed by atoms with Crippen LogP contribution in [0.5, 0.6) is 0 Å². The molecule has 3 heteroatoms. The Morgan fingerprint density at radius 2 is 2.00 bits per heavy atom. The lowest BCUT2D eigenvalue weighted by atomic mass is 10.2. The van der Waals surface area contributed by atoms with Crippen LogP contribution in [0.2, 0.25) is 0 Å². The van der Waals surface area contributed by atoms with Crippen molar-refractivity contribution < 1.29 is 9.53 Å². The van der Waals surface area contributed by atoms with Crippen LogP contribution in [0.25, 0.3) is 0 Å². The Labute approximate surface area is 88.7 Å². The minimum atomic E-state index is -0.245. The summed E-state index contributed by atoms with van der Waals surface area (Å²) in [5, 5.41) is 0. The van der Waals surface area contributed by atoms with Crippen molar-refractivity contribution in [2.24, 2.45) is 0 Å². The Hall–Kier alpha value is -0.960. The van der Waals surface area contributed by atoms with E-state index in [0.717, 1.165) is 4.90 Å². The Bertz CT molecular complexity index is 321. The van der Waals surface area contributed by atoms with Crippen LogP contribution in [-0.4, -0.2) is 18.3 Å². The van der Waals surface area contributed by atoms with Gasteiger partial charge in [-0.2, -0.15) is 0 Å². The van der Waals surface area contributed by atoms with Gasteiger partial charge in [0.15, 0.2) is 0 Å². The SMILES string of the molecule is CSc1ccccc1C(=O)OC(C)C. The highest BCUT2D eigenvalue weighted by molar-refractivity contribution is 7.98. The quantitative estimate of drug-likeness (QED) is 0.566. The number of ether oxygens (including phenoxy) is 1. The van der Waals surface area contributed by atoms with E-state index in [1.165, 1.54) is 0 Å². The Kier molecular flexibility index (Phi) is 4.01. The number of hydrogen-bond acceptors (Lipinski definition) is 3. The van der Waals surface area contributed by atoms with Crippen molar-refractivity contribution in [3.05, 3.63) is 29.8 Å². The third kappa shape index (κ3) is 2.77. The van der Waals surface area contributed by atoms with Crippen LogP contribution in [0.4, 0.5) is 0 Å². The maximum atomic E-state index is 11.6. The maximum Gasteiger partial charge on any atom is 0.339 e. The number of carbonyl (C=O) groups excluding carboxylic acids is 1. The van der Waals surface area contributed by atoms with Gasteiger partial charge in [0.1, 0.15) is 0 Å². The third-order valence-electron chi connectivity index (χ3n) is 1.67. The highest BCUT2D eigenvalue weighted by Crippen LogP contribution is 2.20. The molecule has 0 amide bonds. The molecule has 0 spiro atoms. The maximum absolute atomic E-state index is 11.6. The molecule has 0 saturated heterocycles. The Morgan fingerprint density at radius 3 is 2.57 bits per heavy atom. The van der Waals surface area contributed by atoms with E-state index in [1.54, 1.807) is 17.8 Å². The summed E-state index contributed by atoms with van der Waals surface area (Å²) >= 11 is 1.55. The first-order chi connectivity index (χ1) is 6.65. The fourth-order valence-electron chi connectivity index (χ4n) is 1.09. The van der Waals surface area contributed by atoms with E-state index in [4.69, 9.17) is 4.74 Å². The van der Waals surface area contributed by atoms with Crippen LogP contribution in [0, 0.1) is 0 Å². The van der Waals surface area contributed by atoms with Gasteiger partial charge in [0, 0.05) is 4.90 Å². The molecule has 0 unspecified atom stereocenters. The second kappa shape index (κ2) is 5.05. The molecule has 1 aromatic carbocycles. The van der Waals surface area contributed by atoms with Crippen LogP contribution >= 0.6 is 11.8 Å². The van der Waals surface area contributed by atoms with E-state index in [2.05, 4.69) is 0 Å². The molecule has 0 atom stereocenters. The molecule has 1 rings (SSSR count). The van der Waals surface area contributed by atoms with E-state index < -0.39 is 0 Å². The summed E-state index contributed by atoms with van der Waals surface area (Å²) in [4.78, 5) is 12.6. The van der Waals surface area contributed by atoms with Crippen LogP contribution in [0.3, 0.4) is 0 Å². The predicted octanol–water partition coefficient (Wildman–Crippen LogP) is 2.97. The molecule has 14 heavy (non-hydrogen) atoms. The second-order valence-corrected chi connectivity index (χ2v) is 4.00. The second-order valence-electron chi connectivity index (χ2n) is 3.15. The first-order valence-corrected chi connectivity index (χ1v) is 5.71. The zero-order valence-corrected chi connectivity index (χ0v) is 9.43. The van der Waals surface area contributed by atoms with Gasteiger partial charge >= 0.3 is 5.97 Å². The zero-order valence-electron chi connectivity index (χ0n) is 8.61. The van der Waals surface area contributed by atoms with Crippen LogP contribution < -0.4 is 0 Å². The highest BCUT2D eigenvalue weighted by atomic mass is 32.2. The minimum absolute atomic E-state index is 0.0718. The number of esters is 1. The van der Waals surface area contributed by atoms with Crippen molar-refractivity contribution >= 4 is 17.7 Å². The molecule has 0 bridgehead atoms. The van der Waals surface area contributed by atoms with Crippen molar-refractivity contribution in [1.29, 1.82) is 0 Å². The smallest absolute Gasteiger partial charge is 0.339 e. The normalized spacial score (nSPS) is 10.3. The fourth-order valence-corrected chi connectivity index (χ4v) is 1.68. The molecule has 1 aromatic rings. The monoisotopic (exact) mass is 210 g/mol. The van der Waals surface area contributed by atoms with Gasteiger partial charge in [-0.15, -0.1) is 11.8 Å². The summed E-state index contributed by atoms with van der Waals surface area (Å²) in [5.41, 5.74) is 0.647. The van der Waals surface area contributed by atoms with Gasteiger partial charge in [0.05, 0.1) is 11.7 Å². The summed E-state index contributed by atoms with van der Waals surface area (Å²) in [6, 6.07) is 7.47. The molecule has 0 aliphatic rings. The summed E-state index contributed by atoms with van der Waals surface area (Å²) in [7, 11) is 0. The lowest BCUT2D eigenvalue weighted by Crippen LogP contribution is -2.12. The van der Waals surface area contributed by atoms with Crippen LogP contribution in [-0.2, 0) is 4.74 Å². The Morgan fingerprint density at radius 1 is 1.36 bits per heavy atom. The van der Waals surface area contributed by atoms with Gasteiger partial charge in [-0.05, 0) is 32.2 Å². The van der Waals surface area contributed by atoms with Gasteiger partial charge in [-0.3, -0.25) is 0 Å². The molecule has 0 aliphatic heterocycles. The van der Waals surface area contributed by atoms with Crippen molar-refractivity contribution in [3.63, 3.8) is 0 Å². The third-order valence-corrected chi connectivity index (χ3v) is 2.47. The molecule has 76 valence electrons. The number of hydrogen-bond donors (Lipinski definition) is 0. The molecule has 2 nitrogen and oxygen atoms in total. The average Bonchev–Trinajstić information content (AvgIpc) is 2.16.